The van der Waals surface area contributed by atoms with Crippen LogP contribution in [0.25, 0.3) is 0 Å². The highest BCUT2D eigenvalue weighted by Gasteiger charge is 2.43. The molecule has 0 aromatic carbocycles. The molecule has 5 unspecified atom stereocenters. The zero-order valence-electron chi connectivity index (χ0n) is 12.7. The second-order valence-corrected chi connectivity index (χ2v) is 9.58. The molecule has 0 amide bonds. The Kier molecular flexibility index (Phi) is 4.42. The summed E-state index contributed by atoms with van der Waals surface area (Å²) in [5.74, 6) is 3.05. The molecule has 3 nitrogen and oxygen atoms in total. The van der Waals surface area contributed by atoms with E-state index >= 15 is 0 Å². The maximum Gasteiger partial charge on any atom is 0.154 e. The summed E-state index contributed by atoms with van der Waals surface area (Å²) in [4.78, 5) is 0. The predicted octanol–water partition coefficient (Wildman–Crippen LogP) is 2.76. The molecule has 0 aromatic rings. The Morgan fingerprint density at radius 3 is 2.60 bits per heavy atom. The maximum absolute atomic E-state index is 12.4. The van der Waals surface area contributed by atoms with Gasteiger partial charge in [0.05, 0.1) is 11.0 Å². The molecular weight excluding hydrogens is 270 g/mol. The first-order chi connectivity index (χ1) is 9.60. The van der Waals surface area contributed by atoms with Crippen molar-refractivity contribution in [1.29, 1.82) is 0 Å². The van der Waals surface area contributed by atoms with Crippen molar-refractivity contribution in [2.75, 3.05) is 12.3 Å². The van der Waals surface area contributed by atoms with Gasteiger partial charge in [-0.1, -0.05) is 19.8 Å². The third-order valence-corrected chi connectivity index (χ3v) is 8.33. The lowest BCUT2D eigenvalue weighted by Crippen LogP contribution is -2.47. The minimum Gasteiger partial charge on any atom is -0.313 e. The minimum absolute atomic E-state index is 0.115. The van der Waals surface area contributed by atoms with Crippen LogP contribution in [0.2, 0.25) is 0 Å². The van der Waals surface area contributed by atoms with Gasteiger partial charge in [-0.05, 0) is 62.8 Å². The zero-order valence-corrected chi connectivity index (χ0v) is 13.5. The molecule has 2 bridgehead atoms. The van der Waals surface area contributed by atoms with Crippen LogP contribution in [0, 0.1) is 17.8 Å². The second kappa shape index (κ2) is 5.96. The second-order valence-electron chi connectivity index (χ2n) is 7.24. The lowest BCUT2D eigenvalue weighted by Gasteiger charge is -2.34. The number of rotatable bonds is 5. The highest BCUT2D eigenvalue weighted by molar-refractivity contribution is 7.92. The highest BCUT2D eigenvalue weighted by Crippen LogP contribution is 2.50. The van der Waals surface area contributed by atoms with E-state index < -0.39 is 9.84 Å². The molecule has 1 saturated heterocycles. The van der Waals surface area contributed by atoms with E-state index in [4.69, 9.17) is 0 Å². The van der Waals surface area contributed by atoms with Crippen molar-refractivity contribution < 1.29 is 8.42 Å². The first kappa shape index (κ1) is 14.8. The molecule has 2 saturated carbocycles. The molecule has 4 heteroatoms. The van der Waals surface area contributed by atoms with Crippen molar-refractivity contribution in [2.45, 2.75) is 69.6 Å². The van der Waals surface area contributed by atoms with Crippen LogP contribution in [0.3, 0.4) is 0 Å². The summed E-state index contributed by atoms with van der Waals surface area (Å²) in [7, 11) is -2.86. The van der Waals surface area contributed by atoms with E-state index in [1.807, 2.05) is 0 Å². The third-order valence-electron chi connectivity index (χ3n) is 5.99. The number of hydrogen-bond acceptors (Lipinski definition) is 3. The van der Waals surface area contributed by atoms with E-state index in [1.54, 1.807) is 0 Å². The van der Waals surface area contributed by atoms with Gasteiger partial charge in [-0.15, -0.1) is 0 Å². The number of fused-ring (bicyclic) bond motifs is 2. The Morgan fingerprint density at radius 1 is 1.15 bits per heavy atom. The van der Waals surface area contributed by atoms with Gasteiger partial charge in [-0.2, -0.15) is 0 Å². The van der Waals surface area contributed by atoms with Gasteiger partial charge in [0.2, 0.25) is 0 Å². The first-order valence-electron chi connectivity index (χ1n) is 8.55. The van der Waals surface area contributed by atoms with Gasteiger partial charge < -0.3 is 5.32 Å². The van der Waals surface area contributed by atoms with Gasteiger partial charge >= 0.3 is 0 Å². The smallest absolute Gasteiger partial charge is 0.154 e. The van der Waals surface area contributed by atoms with Crippen LogP contribution >= 0.6 is 0 Å². The van der Waals surface area contributed by atoms with E-state index in [9.17, 15) is 8.42 Å². The van der Waals surface area contributed by atoms with Crippen molar-refractivity contribution in [3.05, 3.63) is 0 Å². The Balaban J connectivity index is 1.68. The molecule has 3 aliphatic rings. The van der Waals surface area contributed by atoms with Gasteiger partial charge in [0.25, 0.3) is 0 Å². The Hall–Kier alpha value is -0.0900. The van der Waals surface area contributed by atoms with Crippen LogP contribution in [0.1, 0.15) is 58.3 Å². The van der Waals surface area contributed by atoms with Crippen LogP contribution in [-0.4, -0.2) is 32.0 Å². The van der Waals surface area contributed by atoms with E-state index in [-0.39, 0.29) is 11.3 Å². The maximum atomic E-state index is 12.4. The summed E-state index contributed by atoms with van der Waals surface area (Å²) < 4.78 is 24.8. The summed E-state index contributed by atoms with van der Waals surface area (Å²) in [5, 5.41) is 3.40. The molecule has 5 atom stereocenters. The summed E-state index contributed by atoms with van der Waals surface area (Å²) >= 11 is 0. The summed E-state index contributed by atoms with van der Waals surface area (Å²) in [6.07, 6.45) is 9.52. The highest BCUT2D eigenvalue weighted by atomic mass is 32.2. The Morgan fingerprint density at radius 2 is 2.00 bits per heavy atom. The Bertz CT molecular complexity index is 434. The van der Waals surface area contributed by atoms with E-state index in [1.165, 1.54) is 25.7 Å². The fourth-order valence-corrected chi connectivity index (χ4v) is 7.19. The average molecular weight is 299 g/mol. The fraction of sp³-hybridized carbons (Fsp3) is 1.00. The van der Waals surface area contributed by atoms with Gasteiger partial charge in [0.1, 0.15) is 0 Å². The first-order valence-corrected chi connectivity index (χ1v) is 10.3. The topological polar surface area (TPSA) is 46.2 Å². The van der Waals surface area contributed by atoms with Crippen LogP contribution in [-0.2, 0) is 9.84 Å². The van der Waals surface area contributed by atoms with Crippen LogP contribution in [0.15, 0.2) is 0 Å². The molecule has 0 aromatic heterocycles. The average Bonchev–Trinajstić information content (AvgIpc) is 3.00. The summed E-state index contributed by atoms with van der Waals surface area (Å²) in [6.45, 7) is 2.99. The summed E-state index contributed by atoms with van der Waals surface area (Å²) in [6, 6.07) is 0.203. The van der Waals surface area contributed by atoms with E-state index in [2.05, 4.69) is 12.2 Å². The van der Waals surface area contributed by atoms with Crippen LogP contribution < -0.4 is 5.32 Å². The summed E-state index contributed by atoms with van der Waals surface area (Å²) in [5.41, 5.74) is 0. The van der Waals surface area contributed by atoms with Gasteiger partial charge in [0.15, 0.2) is 9.84 Å². The molecular formula is C16H29NO2S. The Labute approximate surface area is 123 Å². The third kappa shape index (κ3) is 2.92. The molecule has 1 heterocycles. The standard InChI is InChI=1S/C16H29NO2S/c1-2-17-15(16-5-3-4-8-20(16,18)19)11-14-10-12-6-7-13(14)9-12/h12-17H,2-11H2,1H3. The normalized spacial score (nSPS) is 40.9. The van der Waals surface area contributed by atoms with Gasteiger partial charge in [-0.3, -0.25) is 0 Å². The van der Waals surface area contributed by atoms with Crippen LogP contribution in [0.4, 0.5) is 0 Å². The number of hydrogen-bond donors (Lipinski definition) is 1. The molecule has 3 rings (SSSR count). The van der Waals surface area contributed by atoms with Crippen molar-refractivity contribution in [3.8, 4) is 0 Å². The molecule has 20 heavy (non-hydrogen) atoms. The molecule has 0 spiro atoms. The monoisotopic (exact) mass is 299 g/mol. The molecule has 1 N–H and O–H groups in total. The molecule has 0 radical (unpaired) electrons. The van der Waals surface area contributed by atoms with Gasteiger partial charge in [-0.25, -0.2) is 8.42 Å². The number of sulfone groups is 1. The van der Waals surface area contributed by atoms with Crippen molar-refractivity contribution in [3.63, 3.8) is 0 Å². The van der Waals surface area contributed by atoms with Crippen molar-refractivity contribution in [1.82, 2.24) is 5.32 Å². The molecule has 116 valence electrons. The zero-order chi connectivity index (χ0) is 14.2. The minimum atomic E-state index is -2.86. The largest absolute Gasteiger partial charge is 0.313 e. The lowest BCUT2D eigenvalue weighted by molar-refractivity contribution is 0.269. The molecule has 1 aliphatic heterocycles. The number of nitrogens with one attached hydrogen (secondary N) is 1. The van der Waals surface area contributed by atoms with E-state index in [0.29, 0.717) is 5.75 Å². The van der Waals surface area contributed by atoms with Crippen LogP contribution in [0.5, 0.6) is 0 Å². The van der Waals surface area contributed by atoms with E-state index in [0.717, 1.165) is 50.0 Å². The molecule has 2 aliphatic carbocycles. The predicted molar refractivity (Wildman–Crippen MR) is 82.4 cm³/mol. The fourth-order valence-electron chi connectivity index (χ4n) is 5.05. The quantitative estimate of drug-likeness (QED) is 0.849. The lowest BCUT2D eigenvalue weighted by atomic mass is 9.83. The SMILES string of the molecule is CCNC(CC1CC2CCC1C2)C1CCCCS1(=O)=O. The van der Waals surface area contributed by atoms with Crippen molar-refractivity contribution >= 4 is 9.84 Å². The van der Waals surface area contributed by atoms with Crippen molar-refractivity contribution in [2.24, 2.45) is 17.8 Å². The molecule has 3 fully saturated rings. The van der Waals surface area contributed by atoms with Gasteiger partial charge in [0, 0.05) is 6.04 Å².